The molecule has 0 bridgehead atoms. The Labute approximate surface area is 92.1 Å². The standard InChI is InChI=1S/C11H12N2OS/c1-13(11(14)6-12)9-7-15-10-5-3-2-4-8(9)10/h2-5,7H,6,12H2,1H3. The van der Waals surface area contributed by atoms with Crippen molar-refractivity contribution in [2.45, 2.75) is 0 Å². The minimum atomic E-state index is -0.0708. The molecule has 0 aliphatic carbocycles. The van der Waals surface area contributed by atoms with Crippen LogP contribution in [0.15, 0.2) is 29.6 Å². The molecule has 2 aromatic rings. The highest BCUT2D eigenvalue weighted by Crippen LogP contribution is 2.31. The number of carbonyl (C=O) groups is 1. The lowest BCUT2D eigenvalue weighted by molar-refractivity contribution is -0.117. The maximum Gasteiger partial charge on any atom is 0.240 e. The van der Waals surface area contributed by atoms with Gasteiger partial charge in [-0.05, 0) is 6.07 Å². The quantitative estimate of drug-likeness (QED) is 0.839. The van der Waals surface area contributed by atoms with Crippen molar-refractivity contribution >= 4 is 33.0 Å². The molecule has 1 aromatic carbocycles. The lowest BCUT2D eigenvalue weighted by Crippen LogP contribution is -2.32. The van der Waals surface area contributed by atoms with E-state index >= 15 is 0 Å². The van der Waals surface area contributed by atoms with Gasteiger partial charge in [-0.3, -0.25) is 4.79 Å². The van der Waals surface area contributed by atoms with Crippen LogP contribution in [0, 0.1) is 0 Å². The van der Waals surface area contributed by atoms with Gasteiger partial charge in [0.25, 0.3) is 0 Å². The fourth-order valence-corrected chi connectivity index (χ4v) is 2.48. The van der Waals surface area contributed by atoms with E-state index < -0.39 is 0 Å². The fraction of sp³-hybridized carbons (Fsp3) is 0.182. The van der Waals surface area contributed by atoms with Crippen molar-refractivity contribution in [1.29, 1.82) is 0 Å². The molecular formula is C11H12N2OS. The van der Waals surface area contributed by atoms with Crippen LogP contribution in [-0.2, 0) is 4.79 Å². The van der Waals surface area contributed by atoms with Crippen molar-refractivity contribution in [2.75, 3.05) is 18.5 Å². The molecule has 3 nitrogen and oxygen atoms in total. The van der Waals surface area contributed by atoms with E-state index in [4.69, 9.17) is 5.73 Å². The topological polar surface area (TPSA) is 46.3 Å². The number of thiophene rings is 1. The Bertz CT molecular complexity index is 492. The highest BCUT2D eigenvalue weighted by molar-refractivity contribution is 7.17. The van der Waals surface area contributed by atoms with Gasteiger partial charge in [0.2, 0.25) is 5.91 Å². The number of fused-ring (bicyclic) bond motifs is 1. The molecule has 78 valence electrons. The first kappa shape index (κ1) is 10.1. The SMILES string of the molecule is CN(C(=O)CN)c1csc2ccccc12. The average Bonchev–Trinajstić information content (AvgIpc) is 2.70. The number of hydrogen-bond acceptors (Lipinski definition) is 3. The van der Waals surface area contributed by atoms with Crippen LogP contribution in [0.3, 0.4) is 0 Å². The summed E-state index contributed by atoms with van der Waals surface area (Å²) in [6.45, 7) is 0.0423. The summed E-state index contributed by atoms with van der Waals surface area (Å²) in [4.78, 5) is 13.1. The van der Waals surface area contributed by atoms with Crippen LogP contribution >= 0.6 is 11.3 Å². The van der Waals surface area contributed by atoms with Crippen LogP contribution in [0.1, 0.15) is 0 Å². The zero-order chi connectivity index (χ0) is 10.8. The van der Waals surface area contributed by atoms with Gasteiger partial charge in [-0.15, -0.1) is 11.3 Å². The lowest BCUT2D eigenvalue weighted by atomic mass is 10.2. The van der Waals surface area contributed by atoms with Crippen LogP contribution in [0.2, 0.25) is 0 Å². The first-order chi connectivity index (χ1) is 7.24. The second-order valence-corrected chi connectivity index (χ2v) is 4.19. The minimum Gasteiger partial charge on any atom is -0.322 e. The molecular weight excluding hydrogens is 208 g/mol. The third kappa shape index (κ3) is 1.73. The smallest absolute Gasteiger partial charge is 0.240 e. The van der Waals surface area contributed by atoms with Crippen LogP contribution in [0.5, 0.6) is 0 Å². The Hall–Kier alpha value is -1.39. The van der Waals surface area contributed by atoms with Crippen molar-refractivity contribution in [3.05, 3.63) is 29.6 Å². The zero-order valence-corrected chi connectivity index (χ0v) is 9.25. The van der Waals surface area contributed by atoms with E-state index in [-0.39, 0.29) is 12.5 Å². The van der Waals surface area contributed by atoms with Gasteiger partial charge in [-0.2, -0.15) is 0 Å². The maximum atomic E-state index is 11.5. The summed E-state index contributed by atoms with van der Waals surface area (Å²) in [5.74, 6) is -0.0708. The molecule has 15 heavy (non-hydrogen) atoms. The summed E-state index contributed by atoms with van der Waals surface area (Å²) >= 11 is 1.64. The highest BCUT2D eigenvalue weighted by atomic mass is 32.1. The first-order valence-corrected chi connectivity index (χ1v) is 5.55. The Morgan fingerprint density at radius 1 is 1.47 bits per heavy atom. The van der Waals surface area contributed by atoms with Crippen LogP contribution in [-0.4, -0.2) is 19.5 Å². The second-order valence-electron chi connectivity index (χ2n) is 3.27. The summed E-state index contributed by atoms with van der Waals surface area (Å²) in [6.07, 6.45) is 0. The molecule has 0 unspecified atom stereocenters. The Morgan fingerprint density at radius 3 is 2.93 bits per heavy atom. The van der Waals surface area contributed by atoms with E-state index in [2.05, 4.69) is 0 Å². The minimum absolute atomic E-state index is 0.0423. The molecule has 0 saturated heterocycles. The molecule has 1 aromatic heterocycles. The molecule has 2 N–H and O–H groups in total. The van der Waals surface area contributed by atoms with E-state index in [0.717, 1.165) is 11.1 Å². The summed E-state index contributed by atoms with van der Waals surface area (Å²) < 4.78 is 1.18. The van der Waals surface area contributed by atoms with Gasteiger partial charge in [-0.25, -0.2) is 0 Å². The lowest BCUT2D eigenvalue weighted by Gasteiger charge is -2.14. The van der Waals surface area contributed by atoms with E-state index in [1.807, 2.05) is 29.6 Å². The predicted octanol–water partition coefficient (Wildman–Crippen LogP) is 1.82. The number of anilines is 1. The Kier molecular flexibility index (Phi) is 2.70. The normalized spacial score (nSPS) is 10.5. The molecule has 0 fully saturated rings. The highest BCUT2D eigenvalue weighted by Gasteiger charge is 2.12. The van der Waals surface area contributed by atoms with E-state index in [1.54, 1.807) is 23.3 Å². The molecule has 0 aliphatic rings. The monoisotopic (exact) mass is 220 g/mol. The van der Waals surface area contributed by atoms with Crippen LogP contribution in [0.25, 0.3) is 10.1 Å². The fourth-order valence-electron chi connectivity index (χ4n) is 1.49. The van der Waals surface area contributed by atoms with Crippen molar-refractivity contribution in [2.24, 2.45) is 5.73 Å². The zero-order valence-electron chi connectivity index (χ0n) is 8.43. The van der Waals surface area contributed by atoms with Gasteiger partial charge in [-0.1, -0.05) is 18.2 Å². The molecule has 1 amide bonds. The third-order valence-corrected chi connectivity index (χ3v) is 3.32. The molecule has 0 spiro atoms. The summed E-state index contributed by atoms with van der Waals surface area (Å²) in [5.41, 5.74) is 6.27. The van der Waals surface area contributed by atoms with Gasteiger partial charge in [0.1, 0.15) is 0 Å². The Balaban J connectivity index is 2.48. The molecule has 0 aliphatic heterocycles. The Morgan fingerprint density at radius 2 is 2.20 bits per heavy atom. The number of amides is 1. The van der Waals surface area contributed by atoms with Gasteiger partial charge >= 0.3 is 0 Å². The van der Waals surface area contributed by atoms with Crippen molar-refractivity contribution in [3.63, 3.8) is 0 Å². The molecule has 0 atom stereocenters. The number of hydrogen-bond donors (Lipinski definition) is 1. The van der Waals surface area contributed by atoms with Gasteiger partial charge in [0.05, 0.1) is 12.2 Å². The van der Waals surface area contributed by atoms with Crippen LogP contribution < -0.4 is 10.6 Å². The number of nitrogens with zero attached hydrogens (tertiary/aromatic N) is 1. The van der Waals surface area contributed by atoms with E-state index in [1.165, 1.54) is 4.70 Å². The molecule has 2 rings (SSSR count). The van der Waals surface area contributed by atoms with Gasteiger partial charge < -0.3 is 10.6 Å². The number of likely N-dealkylation sites (N-methyl/N-ethyl adjacent to an activating group) is 1. The second kappa shape index (κ2) is 4.00. The summed E-state index contributed by atoms with van der Waals surface area (Å²) in [6, 6.07) is 8.03. The molecule has 4 heteroatoms. The molecule has 0 saturated carbocycles. The third-order valence-electron chi connectivity index (χ3n) is 2.37. The van der Waals surface area contributed by atoms with Gasteiger partial charge in [0, 0.05) is 22.5 Å². The number of carbonyl (C=O) groups excluding carboxylic acids is 1. The summed E-state index contributed by atoms with van der Waals surface area (Å²) in [5, 5.41) is 3.09. The largest absolute Gasteiger partial charge is 0.322 e. The van der Waals surface area contributed by atoms with Gasteiger partial charge in [0.15, 0.2) is 0 Å². The van der Waals surface area contributed by atoms with Crippen LogP contribution in [0.4, 0.5) is 5.69 Å². The molecule has 1 heterocycles. The first-order valence-electron chi connectivity index (χ1n) is 4.67. The number of rotatable bonds is 2. The summed E-state index contributed by atoms with van der Waals surface area (Å²) in [7, 11) is 1.75. The van der Waals surface area contributed by atoms with Crippen molar-refractivity contribution in [1.82, 2.24) is 0 Å². The van der Waals surface area contributed by atoms with Crippen molar-refractivity contribution < 1.29 is 4.79 Å². The molecule has 0 radical (unpaired) electrons. The number of nitrogens with two attached hydrogens (primary N) is 1. The average molecular weight is 220 g/mol. The van der Waals surface area contributed by atoms with E-state index in [0.29, 0.717) is 0 Å². The maximum absolute atomic E-state index is 11.5. The predicted molar refractivity (Wildman–Crippen MR) is 64.3 cm³/mol. The number of benzene rings is 1. The van der Waals surface area contributed by atoms with E-state index in [9.17, 15) is 4.79 Å². The van der Waals surface area contributed by atoms with Crippen molar-refractivity contribution in [3.8, 4) is 0 Å².